The van der Waals surface area contributed by atoms with Crippen LogP contribution in [0.4, 0.5) is 14.9 Å². The van der Waals surface area contributed by atoms with Crippen molar-refractivity contribution in [1.82, 2.24) is 20.1 Å². The van der Waals surface area contributed by atoms with Crippen LogP contribution in [0.2, 0.25) is 5.02 Å². The molecule has 3 aromatic carbocycles. The number of aryl methyl sites for hydroxylation is 1. The van der Waals surface area contributed by atoms with Gasteiger partial charge in [0.25, 0.3) is 0 Å². The number of aromatic nitrogens is 3. The number of halogens is 2. The topological polar surface area (TPSA) is 90.3 Å². The van der Waals surface area contributed by atoms with Gasteiger partial charge in [-0.05, 0) is 61.4 Å². The Balaban J connectivity index is 1.59. The molecule has 11 heteroatoms. The van der Waals surface area contributed by atoms with Crippen molar-refractivity contribution in [2.45, 2.75) is 30.8 Å². The van der Waals surface area contributed by atoms with Crippen molar-refractivity contribution in [2.24, 2.45) is 0 Å². The second-order valence-corrected chi connectivity index (χ2v) is 9.79. The third-order valence-electron chi connectivity index (χ3n) is 5.74. The van der Waals surface area contributed by atoms with Gasteiger partial charge in [0, 0.05) is 16.8 Å². The molecule has 0 aliphatic heterocycles. The lowest BCUT2D eigenvalue weighted by Gasteiger charge is -2.19. The lowest BCUT2D eigenvalue weighted by atomic mass is 10.2. The molecule has 198 valence electrons. The summed E-state index contributed by atoms with van der Waals surface area (Å²) in [5, 5.41) is 15.7. The molecule has 1 atom stereocenters. The maximum absolute atomic E-state index is 13.3. The highest BCUT2D eigenvalue weighted by atomic mass is 35.5. The van der Waals surface area contributed by atoms with Gasteiger partial charge in [-0.25, -0.2) is 9.18 Å². The Morgan fingerprint density at radius 3 is 2.55 bits per heavy atom. The van der Waals surface area contributed by atoms with Gasteiger partial charge >= 0.3 is 6.03 Å². The first kappa shape index (κ1) is 27.3. The van der Waals surface area contributed by atoms with E-state index in [1.165, 1.54) is 31.0 Å². The molecule has 0 aliphatic rings. The molecule has 0 radical (unpaired) electrons. The third kappa shape index (κ3) is 6.38. The number of urea groups is 1. The molecule has 0 fully saturated rings. The minimum Gasteiger partial charge on any atom is -0.497 e. The molecule has 0 saturated heterocycles. The number of ether oxygens (including phenoxy) is 2. The van der Waals surface area contributed by atoms with Gasteiger partial charge in [0.2, 0.25) is 0 Å². The van der Waals surface area contributed by atoms with Crippen LogP contribution in [0, 0.1) is 12.7 Å². The Morgan fingerprint density at radius 2 is 1.84 bits per heavy atom. The van der Waals surface area contributed by atoms with Crippen LogP contribution in [-0.4, -0.2) is 35.0 Å². The highest BCUT2D eigenvalue weighted by molar-refractivity contribution is 7.98. The van der Waals surface area contributed by atoms with Crippen LogP contribution in [0.5, 0.6) is 11.5 Å². The summed E-state index contributed by atoms with van der Waals surface area (Å²) in [6.45, 7) is 3.78. The van der Waals surface area contributed by atoms with Gasteiger partial charge in [0.05, 0.1) is 31.6 Å². The molecule has 8 nitrogen and oxygen atoms in total. The summed E-state index contributed by atoms with van der Waals surface area (Å²) in [5.74, 6) is 1.86. The van der Waals surface area contributed by atoms with Gasteiger partial charge in [-0.3, -0.25) is 4.57 Å². The number of hydrogen-bond donors (Lipinski definition) is 2. The van der Waals surface area contributed by atoms with E-state index >= 15 is 0 Å². The summed E-state index contributed by atoms with van der Waals surface area (Å²) in [6.07, 6.45) is 0. The minimum atomic E-state index is -0.523. The molecule has 0 saturated carbocycles. The molecule has 0 spiro atoms. The van der Waals surface area contributed by atoms with Crippen LogP contribution in [0.25, 0.3) is 5.69 Å². The van der Waals surface area contributed by atoms with Gasteiger partial charge in [0.15, 0.2) is 11.0 Å². The quantitative estimate of drug-likeness (QED) is 0.227. The summed E-state index contributed by atoms with van der Waals surface area (Å²) < 4.78 is 25.8. The van der Waals surface area contributed by atoms with Gasteiger partial charge in [-0.1, -0.05) is 41.6 Å². The zero-order valence-electron chi connectivity index (χ0n) is 21.3. The lowest BCUT2D eigenvalue weighted by Crippen LogP contribution is -2.32. The predicted octanol–water partition coefficient (Wildman–Crippen LogP) is 6.56. The van der Waals surface area contributed by atoms with E-state index in [1.807, 2.05) is 36.6 Å². The largest absolute Gasteiger partial charge is 0.497 e. The monoisotopic (exact) mass is 555 g/mol. The third-order valence-corrected chi connectivity index (χ3v) is 6.98. The SMILES string of the molecule is COc1ccc(NC(=O)NC(C)c2nnc(SCc3ccc(F)cc3)n2-c2cc(Cl)ccc2C)c(OC)c1. The summed E-state index contributed by atoms with van der Waals surface area (Å²) >= 11 is 7.78. The first-order valence-corrected chi connectivity index (χ1v) is 13.0. The fourth-order valence-corrected chi connectivity index (χ4v) is 4.83. The van der Waals surface area contributed by atoms with E-state index < -0.39 is 12.1 Å². The Bertz CT molecular complexity index is 1430. The highest BCUT2D eigenvalue weighted by Gasteiger charge is 2.23. The van der Waals surface area contributed by atoms with Crippen molar-refractivity contribution in [2.75, 3.05) is 19.5 Å². The van der Waals surface area contributed by atoms with E-state index in [0.29, 0.717) is 38.9 Å². The minimum absolute atomic E-state index is 0.288. The number of amides is 2. The summed E-state index contributed by atoms with van der Waals surface area (Å²) in [5.41, 5.74) is 3.18. The number of hydrogen-bond acceptors (Lipinski definition) is 6. The molecule has 38 heavy (non-hydrogen) atoms. The zero-order chi connectivity index (χ0) is 27.2. The lowest BCUT2D eigenvalue weighted by molar-refractivity contribution is 0.248. The van der Waals surface area contributed by atoms with Gasteiger partial charge in [-0.2, -0.15) is 0 Å². The molecule has 2 N–H and O–H groups in total. The first-order chi connectivity index (χ1) is 18.3. The molecule has 0 bridgehead atoms. The Labute approximate surface area is 229 Å². The van der Waals surface area contributed by atoms with Crippen molar-refractivity contribution >= 4 is 35.1 Å². The average molecular weight is 556 g/mol. The Kier molecular flexibility index (Phi) is 8.75. The van der Waals surface area contributed by atoms with Crippen LogP contribution < -0.4 is 20.1 Å². The molecule has 1 aromatic heterocycles. The summed E-state index contributed by atoms with van der Waals surface area (Å²) in [6, 6.07) is 16.0. The van der Waals surface area contributed by atoms with Crippen molar-refractivity contribution in [1.29, 1.82) is 0 Å². The van der Waals surface area contributed by atoms with Gasteiger partial charge in [0.1, 0.15) is 17.3 Å². The normalized spacial score (nSPS) is 11.6. The van der Waals surface area contributed by atoms with Gasteiger partial charge < -0.3 is 20.1 Å². The average Bonchev–Trinajstić information content (AvgIpc) is 3.33. The molecule has 4 aromatic rings. The molecule has 0 aliphatic carbocycles. The predicted molar refractivity (Wildman–Crippen MR) is 147 cm³/mol. The maximum atomic E-state index is 13.3. The van der Waals surface area contributed by atoms with Crippen LogP contribution in [0.15, 0.2) is 65.8 Å². The number of carbonyl (C=O) groups excluding carboxylic acids is 1. The van der Waals surface area contributed by atoms with E-state index in [4.69, 9.17) is 21.1 Å². The van der Waals surface area contributed by atoms with E-state index in [2.05, 4.69) is 20.8 Å². The van der Waals surface area contributed by atoms with E-state index in [9.17, 15) is 9.18 Å². The molecule has 4 rings (SSSR count). The molecular formula is C27H27ClFN5O3S. The second-order valence-electron chi connectivity index (χ2n) is 8.41. The fraction of sp³-hybridized carbons (Fsp3) is 0.222. The highest BCUT2D eigenvalue weighted by Crippen LogP contribution is 2.31. The Morgan fingerprint density at radius 1 is 1.08 bits per heavy atom. The number of benzene rings is 3. The van der Waals surface area contributed by atoms with Crippen LogP contribution in [0.1, 0.15) is 29.9 Å². The smallest absolute Gasteiger partial charge is 0.319 e. The standard InChI is InChI=1S/C27H27ClFN5O3S/c1-16-5-8-19(28)13-23(16)34-25(32-33-27(34)38-15-18-6-9-20(29)10-7-18)17(2)30-26(35)31-22-12-11-21(36-3)14-24(22)37-4/h5-14,17H,15H2,1-4H3,(H2,30,31,35). The molecule has 1 heterocycles. The van der Waals surface area contributed by atoms with Crippen molar-refractivity contribution in [3.05, 3.63) is 88.5 Å². The molecule has 1 unspecified atom stereocenters. The zero-order valence-corrected chi connectivity index (χ0v) is 22.9. The second kappa shape index (κ2) is 12.2. The number of thioether (sulfide) groups is 1. The van der Waals surface area contributed by atoms with Crippen LogP contribution in [0.3, 0.4) is 0 Å². The van der Waals surface area contributed by atoms with Crippen molar-refractivity contribution < 1.29 is 18.7 Å². The molecule has 2 amide bonds. The van der Waals surface area contributed by atoms with Crippen molar-refractivity contribution in [3.63, 3.8) is 0 Å². The first-order valence-electron chi connectivity index (χ1n) is 11.7. The Hall–Kier alpha value is -3.76. The number of methoxy groups -OCH3 is 2. The fourth-order valence-electron chi connectivity index (χ4n) is 3.75. The number of anilines is 1. The number of nitrogens with zero attached hydrogens (tertiary/aromatic N) is 3. The molecular weight excluding hydrogens is 529 g/mol. The van der Waals surface area contributed by atoms with E-state index in [0.717, 1.165) is 16.8 Å². The van der Waals surface area contributed by atoms with Gasteiger partial charge in [-0.15, -0.1) is 10.2 Å². The number of rotatable bonds is 9. The number of carbonyl (C=O) groups is 1. The van der Waals surface area contributed by atoms with Crippen LogP contribution >= 0.6 is 23.4 Å². The maximum Gasteiger partial charge on any atom is 0.319 e. The van der Waals surface area contributed by atoms with E-state index in [-0.39, 0.29) is 5.82 Å². The number of nitrogens with one attached hydrogen (secondary N) is 2. The summed E-state index contributed by atoms with van der Waals surface area (Å²) in [4.78, 5) is 12.9. The summed E-state index contributed by atoms with van der Waals surface area (Å²) in [7, 11) is 3.07. The van der Waals surface area contributed by atoms with E-state index in [1.54, 1.807) is 37.4 Å². The van der Waals surface area contributed by atoms with Crippen LogP contribution in [-0.2, 0) is 5.75 Å². The van der Waals surface area contributed by atoms with Crippen molar-refractivity contribution in [3.8, 4) is 17.2 Å².